The fourth-order valence-corrected chi connectivity index (χ4v) is 3.62. The molecule has 4 aromatic heterocycles. The standard InChI is InChI=1S/C21H24N8O/c1-28-18(6-9-23-28)25-21-22-8-5-17(24-21)15-7-10-29-19(12-15)26-27-20(29)13-16(30-2)11-14-3-4-14/h5-10,12,14,16H,3-4,11,13H2,1-2H3,(H,22,24,25). The summed E-state index contributed by atoms with van der Waals surface area (Å²) in [7, 11) is 3.64. The third-order valence-electron chi connectivity index (χ3n) is 5.53. The van der Waals surface area contributed by atoms with Crippen LogP contribution in [0, 0.1) is 5.92 Å². The van der Waals surface area contributed by atoms with Crippen molar-refractivity contribution in [3.05, 3.63) is 48.7 Å². The molecule has 154 valence electrons. The Morgan fingerprint density at radius 1 is 1.20 bits per heavy atom. The van der Waals surface area contributed by atoms with Crippen molar-refractivity contribution in [3.63, 3.8) is 0 Å². The molecule has 0 aromatic carbocycles. The number of fused-ring (bicyclic) bond motifs is 1. The van der Waals surface area contributed by atoms with E-state index in [1.54, 1.807) is 24.2 Å². The van der Waals surface area contributed by atoms with Crippen LogP contribution < -0.4 is 5.32 Å². The fraction of sp³-hybridized carbons (Fsp3) is 0.381. The molecule has 9 heteroatoms. The molecule has 1 atom stereocenters. The van der Waals surface area contributed by atoms with E-state index in [1.165, 1.54) is 12.8 Å². The Kier molecular flexibility index (Phi) is 4.88. The minimum Gasteiger partial charge on any atom is -0.381 e. The van der Waals surface area contributed by atoms with Crippen LogP contribution in [0.15, 0.2) is 42.9 Å². The molecule has 1 fully saturated rings. The number of aryl methyl sites for hydroxylation is 1. The lowest BCUT2D eigenvalue weighted by Crippen LogP contribution is -2.16. The Balaban J connectivity index is 1.37. The van der Waals surface area contributed by atoms with Crippen LogP contribution >= 0.6 is 0 Å². The molecule has 0 saturated heterocycles. The van der Waals surface area contributed by atoms with Gasteiger partial charge in [0.2, 0.25) is 5.95 Å². The summed E-state index contributed by atoms with van der Waals surface area (Å²) < 4.78 is 9.43. The van der Waals surface area contributed by atoms with Crippen molar-refractivity contribution in [2.75, 3.05) is 12.4 Å². The van der Waals surface area contributed by atoms with Crippen molar-refractivity contribution in [2.45, 2.75) is 31.8 Å². The average molecular weight is 404 g/mol. The molecule has 1 aliphatic carbocycles. The van der Waals surface area contributed by atoms with Gasteiger partial charge in [0.1, 0.15) is 11.6 Å². The lowest BCUT2D eigenvalue weighted by Gasteiger charge is -2.13. The van der Waals surface area contributed by atoms with Crippen molar-refractivity contribution in [1.29, 1.82) is 0 Å². The number of nitrogens with zero attached hydrogens (tertiary/aromatic N) is 7. The van der Waals surface area contributed by atoms with Crippen molar-refractivity contribution in [3.8, 4) is 11.3 Å². The van der Waals surface area contributed by atoms with E-state index in [0.29, 0.717) is 5.95 Å². The second-order valence-corrected chi connectivity index (χ2v) is 7.73. The van der Waals surface area contributed by atoms with Gasteiger partial charge >= 0.3 is 0 Å². The Morgan fingerprint density at radius 3 is 2.87 bits per heavy atom. The van der Waals surface area contributed by atoms with Crippen molar-refractivity contribution in [2.24, 2.45) is 13.0 Å². The van der Waals surface area contributed by atoms with Crippen LogP contribution in [0.3, 0.4) is 0 Å². The van der Waals surface area contributed by atoms with E-state index in [1.807, 2.05) is 41.9 Å². The van der Waals surface area contributed by atoms with Gasteiger partial charge in [-0.1, -0.05) is 12.8 Å². The lowest BCUT2D eigenvalue weighted by molar-refractivity contribution is 0.0888. The van der Waals surface area contributed by atoms with E-state index in [9.17, 15) is 0 Å². The van der Waals surface area contributed by atoms with Crippen LogP contribution in [-0.2, 0) is 18.2 Å². The topological polar surface area (TPSA) is 95.0 Å². The first-order chi connectivity index (χ1) is 14.7. The van der Waals surface area contributed by atoms with Gasteiger partial charge in [-0.3, -0.25) is 9.08 Å². The highest BCUT2D eigenvalue weighted by Gasteiger charge is 2.26. The van der Waals surface area contributed by atoms with Gasteiger partial charge in [0, 0.05) is 44.6 Å². The molecular formula is C21H24N8O. The number of pyridine rings is 1. The number of aromatic nitrogens is 7. The van der Waals surface area contributed by atoms with Gasteiger partial charge in [-0.05, 0) is 30.5 Å². The van der Waals surface area contributed by atoms with Gasteiger partial charge in [0.25, 0.3) is 0 Å². The predicted octanol–water partition coefficient (Wildman–Crippen LogP) is 3.02. The van der Waals surface area contributed by atoms with Crippen molar-refractivity contribution < 1.29 is 4.74 Å². The van der Waals surface area contributed by atoms with Gasteiger partial charge < -0.3 is 10.1 Å². The fourth-order valence-electron chi connectivity index (χ4n) is 3.62. The molecule has 0 aliphatic heterocycles. The molecule has 0 amide bonds. The zero-order chi connectivity index (χ0) is 20.5. The third-order valence-corrected chi connectivity index (χ3v) is 5.53. The predicted molar refractivity (Wildman–Crippen MR) is 112 cm³/mol. The van der Waals surface area contributed by atoms with Gasteiger partial charge in [-0.2, -0.15) is 5.10 Å². The molecule has 30 heavy (non-hydrogen) atoms. The maximum Gasteiger partial charge on any atom is 0.228 e. The van der Waals surface area contributed by atoms with Crippen LogP contribution in [0.25, 0.3) is 16.9 Å². The van der Waals surface area contributed by atoms with Gasteiger partial charge in [0.05, 0.1) is 18.0 Å². The van der Waals surface area contributed by atoms with E-state index in [4.69, 9.17) is 4.74 Å². The summed E-state index contributed by atoms with van der Waals surface area (Å²) in [6.45, 7) is 0. The zero-order valence-electron chi connectivity index (χ0n) is 17.1. The molecule has 1 aliphatic rings. The van der Waals surface area contributed by atoms with E-state index in [-0.39, 0.29) is 6.10 Å². The Morgan fingerprint density at radius 2 is 2.10 bits per heavy atom. The first-order valence-corrected chi connectivity index (χ1v) is 10.1. The quantitative estimate of drug-likeness (QED) is 0.482. The first-order valence-electron chi connectivity index (χ1n) is 10.1. The average Bonchev–Trinajstić information content (AvgIpc) is 3.37. The lowest BCUT2D eigenvalue weighted by atomic mass is 10.1. The van der Waals surface area contributed by atoms with Crippen LogP contribution in [0.2, 0.25) is 0 Å². The maximum absolute atomic E-state index is 5.67. The third kappa shape index (κ3) is 3.88. The summed E-state index contributed by atoms with van der Waals surface area (Å²) in [6, 6.07) is 7.78. The molecule has 1 unspecified atom stereocenters. The molecule has 0 radical (unpaired) electrons. The molecule has 4 heterocycles. The second-order valence-electron chi connectivity index (χ2n) is 7.73. The molecule has 5 rings (SSSR count). The molecule has 9 nitrogen and oxygen atoms in total. The highest BCUT2D eigenvalue weighted by Crippen LogP contribution is 2.34. The molecule has 1 saturated carbocycles. The maximum atomic E-state index is 5.67. The minimum absolute atomic E-state index is 0.187. The van der Waals surface area contributed by atoms with Gasteiger partial charge in [-0.15, -0.1) is 10.2 Å². The number of hydrogen-bond acceptors (Lipinski definition) is 7. The van der Waals surface area contributed by atoms with Crippen LogP contribution in [-0.4, -0.2) is 47.6 Å². The SMILES string of the molecule is COC(Cc1nnc2cc(-c3ccnc(Nc4ccnn4C)n3)ccn12)CC1CC1. The number of nitrogens with one attached hydrogen (secondary N) is 1. The summed E-state index contributed by atoms with van der Waals surface area (Å²) >= 11 is 0. The van der Waals surface area contributed by atoms with E-state index >= 15 is 0 Å². The Hall–Kier alpha value is -3.33. The molecule has 1 N–H and O–H groups in total. The summed E-state index contributed by atoms with van der Waals surface area (Å²) in [4.78, 5) is 8.94. The zero-order valence-corrected chi connectivity index (χ0v) is 17.1. The van der Waals surface area contributed by atoms with Gasteiger partial charge in [0.15, 0.2) is 5.65 Å². The highest BCUT2D eigenvalue weighted by atomic mass is 16.5. The Bertz CT molecular complexity index is 1160. The largest absolute Gasteiger partial charge is 0.381 e. The highest BCUT2D eigenvalue weighted by molar-refractivity contribution is 5.65. The van der Waals surface area contributed by atoms with Crippen LogP contribution in [0.4, 0.5) is 11.8 Å². The number of anilines is 2. The molecular weight excluding hydrogens is 380 g/mol. The summed E-state index contributed by atoms with van der Waals surface area (Å²) in [5.74, 6) is 3.07. The number of ether oxygens (including phenoxy) is 1. The van der Waals surface area contributed by atoms with Crippen LogP contribution in [0.1, 0.15) is 25.1 Å². The van der Waals surface area contributed by atoms with E-state index in [0.717, 1.165) is 47.3 Å². The summed E-state index contributed by atoms with van der Waals surface area (Å²) in [6.07, 6.45) is 10.1. The number of hydrogen-bond donors (Lipinski definition) is 1. The molecule has 0 spiro atoms. The van der Waals surface area contributed by atoms with Crippen molar-refractivity contribution in [1.82, 2.24) is 34.3 Å². The molecule has 4 aromatic rings. The number of rotatable bonds is 8. The first kappa shape index (κ1) is 18.7. The second kappa shape index (κ2) is 7.83. The summed E-state index contributed by atoms with van der Waals surface area (Å²) in [5.41, 5.74) is 2.56. The smallest absolute Gasteiger partial charge is 0.228 e. The summed E-state index contributed by atoms with van der Waals surface area (Å²) in [5, 5.41) is 16.1. The monoisotopic (exact) mass is 404 g/mol. The van der Waals surface area contributed by atoms with Gasteiger partial charge in [-0.25, -0.2) is 9.97 Å². The Labute approximate surface area is 174 Å². The van der Waals surface area contributed by atoms with Crippen molar-refractivity contribution >= 4 is 17.4 Å². The molecule has 0 bridgehead atoms. The van der Waals surface area contributed by atoms with E-state index < -0.39 is 0 Å². The van der Waals surface area contributed by atoms with E-state index in [2.05, 4.69) is 30.6 Å². The normalized spacial score (nSPS) is 14.9. The minimum atomic E-state index is 0.187. The van der Waals surface area contributed by atoms with Crippen LogP contribution in [0.5, 0.6) is 0 Å². The number of methoxy groups -OCH3 is 1.